The van der Waals surface area contributed by atoms with Gasteiger partial charge in [-0.3, -0.25) is 4.98 Å². The monoisotopic (exact) mass is 231 g/mol. The van der Waals surface area contributed by atoms with Crippen molar-refractivity contribution >= 4 is 7.60 Å². The Morgan fingerprint density at radius 3 is 2.36 bits per heavy atom. The maximum atomic E-state index is 10.2. The number of nitrogens with zero attached hydrogens (tertiary/aromatic N) is 1. The van der Waals surface area contributed by atoms with Crippen molar-refractivity contribution in [2.45, 2.75) is 6.42 Å². The maximum Gasteiger partial charge on any atom is 1.00 e. The van der Waals surface area contributed by atoms with Gasteiger partial charge in [0.1, 0.15) is 0 Å². The summed E-state index contributed by atoms with van der Waals surface area (Å²) >= 11 is 0. The van der Waals surface area contributed by atoms with E-state index in [0.717, 1.165) is 0 Å². The quantitative estimate of drug-likeness (QED) is 0.383. The van der Waals surface area contributed by atoms with Gasteiger partial charge in [0.25, 0.3) is 0 Å². The van der Waals surface area contributed by atoms with Crippen LogP contribution in [-0.2, 0) is 11.0 Å². The van der Waals surface area contributed by atoms with Crippen LogP contribution in [0.25, 0.3) is 0 Å². The summed E-state index contributed by atoms with van der Waals surface area (Å²) in [6.45, 7) is 0. The van der Waals surface area contributed by atoms with Crippen LogP contribution in [0, 0.1) is 0 Å². The van der Waals surface area contributed by atoms with Gasteiger partial charge in [0.2, 0.25) is 0 Å². The van der Waals surface area contributed by atoms with Gasteiger partial charge in [-0.2, -0.15) is 0 Å². The normalized spacial score (nSPS) is 9.86. The Bertz CT molecular complexity index is 290. The minimum atomic E-state index is -4.37. The van der Waals surface area contributed by atoms with E-state index in [1.165, 1.54) is 0 Å². The summed E-state index contributed by atoms with van der Waals surface area (Å²) in [5.41, 5.74) is 0.629. The molecule has 1 aromatic heterocycles. The van der Waals surface area contributed by atoms with E-state index in [9.17, 15) is 14.4 Å². The van der Waals surface area contributed by atoms with Crippen molar-refractivity contribution in [2.24, 2.45) is 0 Å². The molecule has 1 rings (SSSR count). The first-order valence-corrected chi connectivity index (χ1v) is 5.22. The third-order valence-electron chi connectivity index (χ3n) is 1.37. The molecule has 0 aliphatic rings. The second kappa shape index (κ2) is 8.45. The van der Waals surface area contributed by atoms with Crippen LogP contribution < -0.4 is 68.9 Å². The Hall–Kier alpha value is 1.30. The van der Waals surface area contributed by atoms with E-state index in [2.05, 4.69) is 4.98 Å². The first kappa shape index (κ1) is 17.7. The van der Waals surface area contributed by atoms with E-state index in [0.29, 0.717) is 5.69 Å². The summed E-state index contributed by atoms with van der Waals surface area (Å²) in [6, 6.07) is 5.18. The Balaban J connectivity index is 0. The van der Waals surface area contributed by atoms with E-state index < -0.39 is 7.60 Å². The minimum Gasteiger partial charge on any atom is -0.811 e. The summed E-state index contributed by atoms with van der Waals surface area (Å²) in [6.07, 6.45) is 1.41. The fourth-order valence-electron chi connectivity index (χ4n) is 0.797. The van der Waals surface area contributed by atoms with Crippen LogP contribution in [0.3, 0.4) is 0 Å². The Morgan fingerprint density at radius 1 is 1.29 bits per heavy atom. The fourth-order valence-corrected chi connectivity index (χ4v) is 1.30. The molecule has 0 bridgehead atoms. The summed E-state index contributed by atoms with van der Waals surface area (Å²) < 4.78 is 10.2. The third-order valence-corrected chi connectivity index (χ3v) is 2.14. The number of pyridine rings is 1. The number of rotatable bonds is 3. The van der Waals surface area contributed by atoms with Crippen LogP contribution in [0.2, 0.25) is 0 Å². The Kier molecular flexibility index (Phi) is 10.7. The van der Waals surface area contributed by atoms with Crippen LogP contribution >= 0.6 is 7.60 Å². The average Bonchev–Trinajstić information content (AvgIpc) is 2.02. The molecule has 0 radical (unpaired) electrons. The van der Waals surface area contributed by atoms with Crippen molar-refractivity contribution in [2.75, 3.05) is 6.16 Å². The van der Waals surface area contributed by atoms with Crippen LogP contribution in [0.1, 0.15) is 5.69 Å². The average molecular weight is 231 g/mol. The molecule has 0 N–H and O–H groups in total. The molecule has 0 fully saturated rings. The van der Waals surface area contributed by atoms with Crippen LogP contribution in [0.15, 0.2) is 24.4 Å². The molecule has 0 spiro atoms. The molecule has 66 valence electrons. The van der Waals surface area contributed by atoms with Crippen molar-refractivity contribution < 1.29 is 73.5 Å². The fraction of sp³-hybridized carbons (Fsp3) is 0.286. The zero-order valence-corrected chi connectivity index (χ0v) is 13.2. The summed E-state index contributed by atoms with van der Waals surface area (Å²) in [7, 11) is -4.37. The second-order valence-electron chi connectivity index (χ2n) is 2.41. The zero-order chi connectivity index (χ0) is 9.03. The van der Waals surface area contributed by atoms with Crippen molar-refractivity contribution in [1.82, 2.24) is 4.98 Å². The van der Waals surface area contributed by atoms with Gasteiger partial charge in [0, 0.05) is 11.9 Å². The molecule has 1 heterocycles. The van der Waals surface area contributed by atoms with E-state index in [1.807, 2.05) is 0 Å². The topological polar surface area (TPSA) is 76.1 Å². The number of hydrogen-bond acceptors (Lipinski definition) is 4. The molecular formula is C7H8NNa2O3P. The van der Waals surface area contributed by atoms with E-state index in [4.69, 9.17) is 0 Å². The molecule has 0 saturated heterocycles. The molecule has 1 aromatic rings. The van der Waals surface area contributed by atoms with Crippen LogP contribution in [0.4, 0.5) is 0 Å². The smallest absolute Gasteiger partial charge is 0.811 e. The van der Waals surface area contributed by atoms with E-state index in [1.54, 1.807) is 24.4 Å². The molecular weight excluding hydrogens is 223 g/mol. The molecule has 0 aliphatic carbocycles. The number of aryl methyl sites for hydroxylation is 1. The predicted molar refractivity (Wildman–Crippen MR) is 40.4 cm³/mol. The van der Waals surface area contributed by atoms with Crippen molar-refractivity contribution in [3.8, 4) is 0 Å². The van der Waals surface area contributed by atoms with Crippen molar-refractivity contribution in [3.05, 3.63) is 30.1 Å². The maximum absolute atomic E-state index is 10.2. The van der Waals surface area contributed by atoms with Gasteiger partial charge < -0.3 is 14.4 Å². The van der Waals surface area contributed by atoms with Gasteiger partial charge in [-0.05, 0) is 24.7 Å². The summed E-state index contributed by atoms with van der Waals surface area (Å²) in [5.74, 6) is 0. The number of hydrogen-bond donors (Lipinski definition) is 0. The van der Waals surface area contributed by atoms with Gasteiger partial charge in [0.15, 0.2) is 0 Å². The molecule has 0 aliphatic heterocycles. The van der Waals surface area contributed by atoms with Gasteiger partial charge >= 0.3 is 59.1 Å². The van der Waals surface area contributed by atoms with Crippen molar-refractivity contribution in [1.29, 1.82) is 0 Å². The number of aromatic nitrogens is 1. The minimum absolute atomic E-state index is 0. The molecule has 14 heavy (non-hydrogen) atoms. The Labute approximate surface area is 127 Å². The molecule has 0 unspecified atom stereocenters. The molecule has 4 nitrogen and oxygen atoms in total. The van der Waals surface area contributed by atoms with E-state index >= 15 is 0 Å². The van der Waals surface area contributed by atoms with Crippen LogP contribution in [0.5, 0.6) is 0 Å². The standard InChI is InChI=1S/C7H10NO3P.2Na/c9-12(10,11)6-4-7-3-1-2-5-8-7;;/h1-3,5H,4,6H2,(H2,9,10,11);;/q;2*+1/p-2. The van der Waals surface area contributed by atoms with Gasteiger partial charge in [-0.1, -0.05) is 13.7 Å². The summed E-state index contributed by atoms with van der Waals surface area (Å²) in [4.78, 5) is 24.4. The van der Waals surface area contributed by atoms with Crippen molar-refractivity contribution in [3.63, 3.8) is 0 Å². The largest absolute Gasteiger partial charge is 1.00 e. The molecule has 0 amide bonds. The third kappa shape index (κ3) is 8.60. The first-order valence-electron chi connectivity index (χ1n) is 3.49. The zero-order valence-electron chi connectivity index (χ0n) is 8.34. The predicted octanol–water partition coefficient (Wildman–Crippen LogP) is -6.45. The second-order valence-corrected chi connectivity index (χ2v) is 4.07. The molecule has 0 saturated carbocycles. The van der Waals surface area contributed by atoms with Crippen LogP contribution in [-0.4, -0.2) is 11.1 Å². The molecule has 0 aromatic carbocycles. The van der Waals surface area contributed by atoms with Gasteiger partial charge in [-0.15, -0.1) is 0 Å². The Morgan fingerprint density at radius 2 is 1.93 bits per heavy atom. The van der Waals surface area contributed by atoms with Gasteiger partial charge in [0.05, 0.1) is 0 Å². The molecule has 0 atom stereocenters. The van der Waals surface area contributed by atoms with E-state index in [-0.39, 0.29) is 71.7 Å². The SMILES string of the molecule is O=P([O-])([O-])CCc1ccccn1.[Na+].[Na+]. The summed E-state index contributed by atoms with van der Waals surface area (Å²) in [5, 5.41) is 0. The molecule has 7 heteroatoms. The van der Waals surface area contributed by atoms with Gasteiger partial charge in [-0.25, -0.2) is 0 Å². The first-order chi connectivity index (χ1) is 5.58.